The van der Waals surface area contributed by atoms with Crippen molar-refractivity contribution in [1.29, 1.82) is 0 Å². The Morgan fingerprint density at radius 1 is 1.09 bits per heavy atom. The van der Waals surface area contributed by atoms with Gasteiger partial charge >= 0.3 is 0 Å². The second-order valence-electron chi connectivity index (χ2n) is 7.94. The van der Waals surface area contributed by atoms with Gasteiger partial charge in [0.25, 0.3) is 5.91 Å². The van der Waals surface area contributed by atoms with Crippen LogP contribution >= 0.6 is 11.8 Å². The van der Waals surface area contributed by atoms with Crippen molar-refractivity contribution < 1.29 is 13.6 Å². The molecule has 1 amide bonds. The van der Waals surface area contributed by atoms with E-state index in [1.807, 2.05) is 36.4 Å². The molecule has 33 heavy (non-hydrogen) atoms. The van der Waals surface area contributed by atoms with Crippen LogP contribution in [0.4, 0.5) is 0 Å². The molecule has 6 rings (SSSR count). The first-order valence-corrected chi connectivity index (χ1v) is 11.7. The predicted octanol–water partition coefficient (Wildman–Crippen LogP) is 4.33. The molecule has 166 valence electrons. The van der Waals surface area contributed by atoms with Crippen LogP contribution < -0.4 is 0 Å². The third kappa shape index (κ3) is 3.86. The average Bonchev–Trinajstić information content (AvgIpc) is 3.34. The molecular formula is C23H20N6O3S. The van der Waals surface area contributed by atoms with Gasteiger partial charge in [0.1, 0.15) is 23.3 Å². The molecule has 4 aromatic rings. The van der Waals surface area contributed by atoms with Gasteiger partial charge in [-0.05, 0) is 49.2 Å². The average molecular weight is 461 g/mol. The summed E-state index contributed by atoms with van der Waals surface area (Å²) in [4.78, 5) is 17.5. The molecule has 1 aliphatic carbocycles. The number of amides is 1. The molecule has 1 unspecified atom stereocenters. The van der Waals surface area contributed by atoms with Gasteiger partial charge in [0.05, 0.1) is 18.3 Å². The Balaban J connectivity index is 1.23. The number of rotatable bonds is 7. The molecule has 0 N–H and O–H groups in total. The number of carbonyl (C=O) groups excluding carboxylic acids is 1. The van der Waals surface area contributed by atoms with Crippen LogP contribution in [-0.4, -0.2) is 42.1 Å². The number of pyridine rings is 1. The number of furan rings is 2. The van der Waals surface area contributed by atoms with E-state index in [0.717, 1.165) is 35.1 Å². The molecule has 1 aliphatic heterocycles. The molecule has 0 saturated heterocycles. The summed E-state index contributed by atoms with van der Waals surface area (Å²) in [7, 11) is 0. The molecular weight excluding hydrogens is 440 g/mol. The minimum Gasteiger partial charge on any atom is -0.467 e. The summed E-state index contributed by atoms with van der Waals surface area (Å²) in [5, 5.41) is 15.6. The first kappa shape index (κ1) is 20.0. The lowest BCUT2D eigenvalue weighted by Gasteiger charge is -2.19. The van der Waals surface area contributed by atoms with Gasteiger partial charge in [0.15, 0.2) is 11.0 Å². The van der Waals surface area contributed by atoms with Crippen molar-refractivity contribution in [3.05, 3.63) is 72.8 Å². The zero-order valence-electron chi connectivity index (χ0n) is 17.6. The number of thioether (sulfide) groups is 1. The van der Waals surface area contributed by atoms with Crippen molar-refractivity contribution >= 4 is 23.4 Å². The van der Waals surface area contributed by atoms with E-state index < -0.39 is 0 Å². The summed E-state index contributed by atoms with van der Waals surface area (Å²) < 4.78 is 13.2. The standard InChI is InChI=1S/C23H20N6O3S/c30-21(29-18(20-6-3-11-32-20)12-17(27-29)19-5-2-10-31-19)14-33-23-26-25-22(28(23)16-7-8-16)15-4-1-9-24-13-15/h1-6,9-11,13,16,18H,7-8,12,14H2. The molecule has 1 atom stereocenters. The number of nitrogens with zero attached hydrogens (tertiary/aromatic N) is 6. The Labute approximate surface area is 193 Å². The van der Waals surface area contributed by atoms with Crippen molar-refractivity contribution in [1.82, 2.24) is 24.8 Å². The van der Waals surface area contributed by atoms with E-state index in [2.05, 4.69) is 24.8 Å². The fourth-order valence-electron chi connectivity index (χ4n) is 3.96. The van der Waals surface area contributed by atoms with Crippen LogP contribution in [0.2, 0.25) is 0 Å². The maximum atomic E-state index is 13.3. The van der Waals surface area contributed by atoms with Gasteiger partial charge in [0, 0.05) is 30.4 Å². The van der Waals surface area contributed by atoms with Gasteiger partial charge in [0.2, 0.25) is 0 Å². The molecule has 0 bridgehead atoms. The minimum absolute atomic E-state index is 0.128. The topological polar surface area (TPSA) is 103 Å². The van der Waals surface area contributed by atoms with Crippen molar-refractivity contribution in [2.45, 2.75) is 36.5 Å². The molecule has 0 radical (unpaired) electrons. The Bertz CT molecular complexity index is 1280. The Hall–Kier alpha value is -3.66. The Morgan fingerprint density at radius 3 is 2.70 bits per heavy atom. The van der Waals surface area contributed by atoms with Crippen LogP contribution in [0.5, 0.6) is 0 Å². The molecule has 1 fully saturated rings. The molecule has 5 heterocycles. The summed E-state index contributed by atoms with van der Waals surface area (Å²) in [5.74, 6) is 2.19. The highest BCUT2D eigenvalue weighted by molar-refractivity contribution is 7.99. The summed E-state index contributed by atoms with van der Waals surface area (Å²) in [6, 6.07) is 11.2. The minimum atomic E-state index is -0.305. The summed E-state index contributed by atoms with van der Waals surface area (Å²) in [6.45, 7) is 0. The van der Waals surface area contributed by atoms with Crippen molar-refractivity contribution in [3.8, 4) is 11.4 Å². The van der Waals surface area contributed by atoms with Crippen molar-refractivity contribution in [3.63, 3.8) is 0 Å². The van der Waals surface area contributed by atoms with Crippen molar-refractivity contribution in [2.24, 2.45) is 5.10 Å². The Morgan fingerprint density at radius 2 is 1.97 bits per heavy atom. The Kier molecular flexibility index (Phi) is 5.06. The SMILES string of the molecule is O=C(CSc1nnc(-c2cccnc2)n1C1CC1)N1N=C(c2ccco2)CC1c1ccco1. The van der Waals surface area contributed by atoms with Crippen LogP contribution in [0.1, 0.15) is 42.9 Å². The van der Waals surface area contributed by atoms with E-state index in [0.29, 0.717) is 24.0 Å². The van der Waals surface area contributed by atoms with E-state index in [4.69, 9.17) is 8.83 Å². The molecule has 2 aliphatic rings. The van der Waals surface area contributed by atoms with Crippen LogP contribution in [0.25, 0.3) is 11.4 Å². The molecule has 9 nitrogen and oxygen atoms in total. The lowest BCUT2D eigenvalue weighted by atomic mass is 10.1. The highest BCUT2D eigenvalue weighted by atomic mass is 32.2. The second kappa shape index (κ2) is 8.36. The summed E-state index contributed by atoms with van der Waals surface area (Å²) in [5.41, 5.74) is 1.64. The van der Waals surface area contributed by atoms with Crippen LogP contribution in [0.3, 0.4) is 0 Å². The zero-order chi connectivity index (χ0) is 22.2. The molecule has 10 heteroatoms. The largest absolute Gasteiger partial charge is 0.467 e. The zero-order valence-corrected chi connectivity index (χ0v) is 18.4. The van der Waals surface area contributed by atoms with Gasteiger partial charge in [-0.1, -0.05) is 11.8 Å². The second-order valence-corrected chi connectivity index (χ2v) is 8.88. The number of hydrogen-bond donors (Lipinski definition) is 0. The van der Waals surface area contributed by atoms with E-state index in [9.17, 15) is 4.79 Å². The van der Waals surface area contributed by atoms with Gasteiger partial charge in [-0.15, -0.1) is 10.2 Å². The van der Waals surface area contributed by atoms with Crippen molar-refractivity contribution in [2.75, 3.05) is 5.75 Å². The third-order valence-corrected chi connectivity index (χ3v) is 6.59. The summed E-state index contributed by atoms with van der Waals surface area (Å²) >= 11 is 1.38. The van der Waals surface area contributed by atoms with Gasteiger partial charge in [-0.3, -0.25) is 14.3 Å². The highest BCUT2D eigenvalue weighted by Gasteiger charge is 2.36. The predicted molar refractivity (Wildman–Crippen MR) is 120 cm³/mol. The van der Waals surface area contributed by atoms with Gasteiger partial charge < -0.3 is 8.83 Å². The van der Waals surface area contributed by atoms with E-state index in [1.54, 1.807) is 24.9 Å². The first-order valence-electron chi connectivity index (χ1n) is 10.7. The molecule has 0 aromatic carbocycles. The monoisotopic (exact) mass is 460 g/mol. The quantitative estimate of drug-likeness (QED) is 0.378. The first-order chi connectivity index (χ1) is 16.3. The molecule has 4 aromatic heterocycles. The fraction of sp³-hybridized carbons (Fsp3) is 0.261. The third-order valence-electron chi connectivity index (χ3n) is 5.66. The molecule has 1 saturated carbocycles. The summed E-state index contributed by atoms with van der Waals surface area (Å²) in [6.07, 6.45) is 9.41. The maximum absolute atomic E-state index is 13.3. The number of carbonyl (C=O) groups is 1. The van der Waals surface area contributed by atoms with Gasteiger partial charge in [-0.25, -0.2) is 5.01 Å². The number of hydrogen-bond acceptors (Lipinski definition) is 8. The van der Waals surface area contributed by atoms with E-state index in [1.165, 1.54) is 16.8 Å². The normalized spacial score (nSPS) is 18.0. The lowest BCUT2D eigenvalue weighted by molar-refractivity contribution is -0.130. The number of aromatic nitrogens is 4. The maximum Gasteiger partial charge on any atom is 0.253 e. The molecule has 0 spiro atoms. The smallest absolute Gasteiger partial charge is 0.253 e. The van der Waals surface area contributed by atoms with Crippen LogP contribution in [0, 0.1) is 0 Å². The van der Waals surface area contributed by atoms with Gasteiger partial charge in [-0.2, -0.15) is 5.10 Å². The fourth-order valence-corrected chi connectivity index (χ4v) is 4.81. The van der Waals surface area contributed by atoms with Crippen LogP contribution in [-0.2, 0) is 4.79 Å². The number of hydrazone groups is 1. The van der Waals surface area contributed by atoms with E-state index in [-0.39, 0.29) is 17.7 Å². The lowest BCUT2D eigenvalue weighted by Crippen LogP contribution is -2.28. The highest BCUT2D eigenvalue weighted by Crippen LogP contribution is 2.41. The van der Waals surface area contributed by atoms with Crippen LogP contribution in [0.15, 0.2) is 80.4 Å². The van der Waals surface area contributed by atoms with E-state index >= 15 is 0 Å².